The van der Waals surface area contributed by atoms with Crippen LogP contribution in [0.25, 0.3) is 0 Å². The summed E-state index contributed by atoms with van der Waals surface area (Å²) in [4.78, 5) is 2.44. The van der Waals surface area contributed by atoms with Crippen molar-refractivity contribution in [3.8, 4) is 0 Å². The second kappa shape index (κ2) is 5.41. The van der Waals surface area contributed by atoms with Gasteiger partial charge in [-0.3, -0.25) is 0 Å². The molecule has 0 aromatic heterocycles. The predicted octanol–water partition coefficient (Wildman–Crippen LogP) is 2.75. The summed E-state index contributed by atoms with van der Waals surface area (Å²) in [6, 6.07) is 9.99. The molecule has 1 saturated carbocycles. The van der Waals surface area contributed by atoms with Crippen molar-refractivity contribution in [3.05, 3.63) is 35.4 Å². The second-order valence-electron chi connectivity index (χ2n) is 6.01. The van der Waals surface area contributed by atoms with Crippen LogP contribution in [-0.4, -0.2) is 31.1 Å². The minimum Gasteiger partial charge on any atom is -0.313 e. The molecular formula is C16H24N2. The minimum absolute atomic E-state index is 0.709. The standard InChI is InChI=1S/C16H24N2/c1-18(12-16-3-2-10-17-16)11-13-4-6-14(7-5-13)15-8-9-15/h4-7,15-17H,2-3,8-12H2,1H3. The Morgan fingerprint density at radius 2 is 1.94 bits per heavy atom. The Hall–Kier alpha value is -0.860. The fraction of sp³-hybridized carbons (Fsp3) is 0.625. The highest BCUT2D eigenvalue weighted by Gasteiger charge is 2.23. The molecule has 18 heavy (non-hydrogen) atoms. The van der Waals surface area contributed by atoms with Crippen molar-refractivity contribution in [1.29, 1.82) is 0 Å². The predicted molar refractivity (Wildman–Crippen MR) is 75.8 cm³/mol. The SMILES string of the molecule is CN(Cc1ccc(C2CC2)cc1)CC1CCCN1. The lowest BCUT2D eigenvalue weighted by Gasteiger charge is -2.21. The van der Waals surface area contributed by atoms with E-state index in [1.54, 1.807) is 5.56 Å². The molecule has 1 saturated heterocycles. The molecule has 0 radical (unpaired) electrons. The maximum Gasteiger partial charge on any atom is 0.0231 e. The molecule has 1 aromatic carbocycles. The normalized spacial score (nSPS) is 23.8. The molecule has 1 aromatic rings. The summed E-state index contributed by atoms with van der Waals surface area (Å²) in [5, 5.41) is 3.56. The fourth-order valence-electron chi connectivity index (χ4n) is 2.98. The monoisotopic (exact) mass is 244 g/mol. The Balaban J connectivity index is 1.51. The summed E-state index contributed by atoms with van der Waals surface area (Å²) in [7, 11) is 2.23. The molecule has 1 atom stereocenters. The van der Waals surface area contributed by atoms with Gasteiger partial charge < -0.3 is 10.2 Å². The van der Waals surface area contributed by atoms with E-state index in [0.29, 0.717) is 6.04 Å². The van der Waals surface area contributed by atoms with Gasteiger partial charge in [-0.1, -0.05) is 24.3 Å². The van der Waals surface area contributed by atoms with Gasteiger partial charge in [0.15, 0.2) is 0 Å². The lowest BCUT2D eigenvalue weighted by molar-refractivity contribution is 0.293. The number of hydrogen-bond acceptors (Lipinski definition) is 2. The summed E-state index contributed by atoms with van der Waals surface area (Å²) < 4.78 is 0. The molecule has 1 aliphatic carbocycles. The smallest absolute Gasteiger partial charge is 0.0231 e. The maximum absolute atomic E-state index is 3.56. The first-order valence-corrected chi connectivity index (χ1v) is 7.32. The van der Waals surface area contributed by atoms with Gasteiger partial charge in [-0.15, -0.1) is 0 Å². The molecular weight excluding hydrogens is 220 g/mol. The van der Waals surface area contributed by atoms with Gasteiger partial charge in [0, 0.05) is 19.1 Å². The minimum atomic E-state index is 0.709. The van der Waals surface area contributed by atoms with Gasteiger partial charge in [0.25, 0.3) is 0 Å². The Labute approximate surface area is 110 Å². The van der Waals surface area contributed by atoms with Crippen LogP contribution in [0.3, 0.4) is 0 Å². The molecule has 98 valence electrons. The van der Waals surface area contributed by atoms with Crippen molar-refractivity contribution in [2.24, 2.45) is 0 Å². The van der Waals surface area contributed by atoms with Crippen LogP contribution in [0.2, 0.25) is 0 Å². The Morgan fingerprint density at radius 1 is 1.17 bits per heavy atom. The molecule has 1 unspecified atom stereocenters. The number of likely N-dealkylation sites (N-methyl/N-ethyl adjacent to an activating group) is 1. The van der Waals surface area contributed by atoms with Crippen LogP contribution >= 0.6 is 0 Å². The zero-order chi connectivity index (χ0) is 12.4. The Bertz CT molecular complexity index is 375. The first kappa shape index (κ1) is 12.2. The first-order chi connectivity index (χ1) is 8.81. The Morgan fingerprint density at radius 3 is 2.56 bits per heavy atom. The topological polar surface area (TPSA) is 15.3 Å². The second-order valence-corrected chi connectivity index (χ2v) is 6.01. The van der Waals surface area contributed by atoms with Gasteiger partial charge in [-0.2, -0.15) is 0 Å². The van der Waals surface area contributed by atoms with Gasteiger partial charge >= 0.3 is 0 Å². The molecule has 2 heteroatoms. The van der Waals surface area contributed by atoms with Crippen molar-refractivity contribution in [1.82, 2.24) is 10.2 Å². The van der Waals surface area contributed by atoms with Crippen LogP contribution in [0.15, 0.2) is 24.3 Å². The maximum atomic E-state index is 3.56. The van der Waals surface area contributed by atoms with Gasteiger partial charge in [0.05, 0.1) is 0 Å². The largest absolute Gasteiger partial charge is 0.313 e. The number of benzene rings is 1. The molecule has 0 bridgehead atoms. The van der Waals surface area contributed by atoms with E-state index in [1.165, 1.54) is 44.3 Å². The number of hydrogen-bond donors (Lipinski definition) is 1. The van der Waals surface area contributed by atoms with Gasteiger partial charge in [0.2, 0.25) is 0 Å². The van der Waals surface area contributed by atoms with E-state index in [1.807, 2.05) is 0 Å². The molecule has 2 fully saturated rings. The average Bonchev–Trinajstić information content (AvgIpc) is 3.09. The van der Waals surface area contributed by atoms with Crippen LogP contribution in [0, 0.1) is 0 Å². The summed E-state index contributed by atoms with van der Waals surface area (Å²) in [5.74, 6) is 0.875. The van der Waals surface area contributed by atoms with Crippen molar-refractivity contribution in [2.45, 2.75) is 44.2 Å². The summed E-state index contributed by atoms with van der Waals surface area (Å²) in [6.45, 7) is 3.45. The summed E-state index contributed by atoms with van der Waals surface area (Å²) >= 11 is 0. The Kier molecular flexibility index (Phi) is 3.67. The summed E-state index contributed by atoms with van der Waals surface area (Å²) in [5.41, 5.74) is 2.98. The average molecular weight is 244 g/mol. The number of nitrogens with zero attached hydrogens (tertiary/aromatic N) is 1. The third-order valence-electron chi connectivity index (χ3n) is 4.18. The van der Waals surface area contributed by atoms with Crippen LogP contribution < -0.4 is 5.32 Å². The van der Waals surface area contributed by atoms with Crippen molar-refractivity contribution >= 4 is 0 Å². The molecule has 0 spiro atoms. The van der Waals surface area contributed by atoms with E-state index in [-0.39, 0.29) is 0 Å². The third-order valence-corrected chi connectivity index (χ3v) is 4.18. The van der Waals surface area contributed by atoms with Gasteiger partial charge in [0.1, 0.15) is 0 Å². The zero-order valence-electron chi connectivity index (χ0n) is 11.4. The highest BCUT2D eigenvalue weighted by atomic mass is 15.1. The van der Waals surface area contributed by atoms with E-state index in [2.05, 4.69) is 41.5 Å². The highest BCUT2D eigenvalue weighted by molar-refractivity contribution is 5.27. The van der Waals surface area contributed by atoms with Crippen LogP contribution in [0.1, 0.15) is 42.7 Å². The molecule has 2 aliphatic rings. The number of nitrogens with one attached hydrogen (secondary N) is 1. The lowest BCUT2D eigenvalue weighted by atomic mass is 10.1. The van der Waals surface area contributed by atoms with Gasteiger partial charge in [-0.05, 0) is 56.3 Å². The zero-order valence-corrected chi connectivity index (χ0v) is 11.4. The third kappa shape index (κ3) is 3.12. The molecule has 2 nitrogen and oxygen atoms in total. The van der Waals surface area contributed by atoms with E-state index in [0.717, 1.165) is 12.5 Å². The van der Waals surface area contributed by atoms with E-state index in [9.17, 15) is 0 Å². The molecule has 3 rings (SSSR count). The molecule has 1 aliphatic heterocycles. The number of rotatable bonds is 5. The van der Waals surface area contributed by atoms with Gasteiger partial charge in [-0.25, -0.2) is 0 Å². The van der Waals surface area contributed by atoms with Crippen molar-refractivity contribution in [2.75, 3.05) is 20.1 Å². The molecule has 1 N–H and O–H groups in total. The van der Waals surface area contributed by atoms with E-state index >= 15 is 0 Å². The van der Waals surface area contributed by atoms with E-state index < -0.39 is 0 Å². The fourth-order valence-corrected chi connectivity index (χ4v) is 2.98. The first-order valence-electron chi connectivity index (χ1n) is 7.32. The van der Waals surface area contributed by atoms with E-state index in [4.69, 9.17) is 0 Å². The molecule has 0 amide bonds. The van der Waals surface area contributed by atoms with Crippen LogP contribution in [0.4, 0.5) is 0 Å². The molecule has 1 heterocycles. The highest BCUT2D eigenvalue weighted by Crippen LogP contribution is 2.39. The lowest BCUT2D eigenvalue weighted by Crippen LogP contribution is -2.34. The van der Waals surface area contributed by atoms with Crippen molar-refractivity contribution in [3.63, 3.8) is 0 Å². The quantitative estimate of drug-likeness (QED) is 0.857. The van der Waals surface area contributed by atoms with Crippen LogP contribution in [-0.2, 0) is 6.54 Å². The van der Waals surface area contributed by atoms with Crippen LogP contribution in [0.5, 0.6) is 0 Å². The summed E-state index contributed by atoms with van der Waals surface area (Å²) in [6.07, 6.45) is 5.47. The van der Waals surface area contributed by atoms with Crippen molar-refractivity contribution < 1.29 is 0 Å².